The van der Waals surface area contributed by atoms with Crippen molar-refractivity contribution in [1.29, 1.82) is 5.26 Å². The molecule has 1 aromatic carbocycles. The molecule has 0 saturated carbocycles. The van der Waals surface area contributed by atoms with Crippen molar-refractivity contribution >= 4 is 17.0 Å². The first kappa shape index (κ1) is 12.5. The van der Waals surface area contributed by atoms with Gasteiger partial charge in [0.1, 0.15) is 16.7 Å². The van der Waals surface area contributed by atoms with E-state index in [1.54, 1.807) is 0 Å². The molecule has 92 valence electrons. The van der Waals surface area contributed by atoms with Crippen LogP contribution in [0.4, 0.5) is 5.69 Å². The fraction of sp³-hybridized carbons (Fsp3) is 0.214. The van der Waals surface area contributed by atoms with Gasteiger partial charge in [-0.05, 0) is 38.1 Å². The zero-order valence-corrected chi connectivity index (χ0v) is 11.1. The third kappa shape index (κ3) is 2.63. The maximum absolute atomic E-state index is 8.87. The first-order valence-corrected chi connectivity index (χ1v) is 6.48. The first-order valence-electron chi connectivity index (χ1n) is 5.66. The van der Waals surface area contributed by atoms with Gasteiger partial charge in [-0.15, -0.1) is 11.3 Å². The molecule has 1 aromatic heterocycles. The monoisotopic (exact) mass is 258 g/mol. The van der Waals surface area contributed by atoms with Crippen LogP contribution >= 0.6 is 11.3 Å². The Morgan fingerprint density at radius 2 is 2.06 bits per heavy atom. The molecule has 0 aliphatic carbocycles. The lowest BCUT2D eigenvalue weighted by Gasteiger charge is -2.14. The van der Waals surface area contributed by atoms with E-state index in [-0.39, 0.29) is 6.10 Å². The molecule has 0 fully saturated rings. The molecular weight excluding hydrogens is 244 g/mol. The van der Waals surface area contributed by atoms with Gasteiger partial charge in [-0.1, -0.05) is 0 Å². The fourth-order valence-corrected chi connectivity index (χ4v) is 2.47. The van der Waals surface area contributed by atoms with Crippen molar-refractivity contribution in [2.24, 2.45) is 0 Å². The third-order valence-electron chi connectivity index (χ3n) is 2.35. The van der Waals surface area contributed by atoms with Crippen molar-refractivity contribution in [2.45, 2.75) is 20.0 Å². The number of nitrogens with zero attached hydrogens (tertiary/aromatic N) is 1. The highest BCUT2D eigenvalue weighted by atomic mass is 32.1. The summed E-state index contributed by atoms with van der Waals surface area (Å²) in [6, 6.07) is 11.5. The molecule has 0 saturated heterocycles. The minimum atomic E-state index is 0.0842. The molecule has 0 aliphatic rings. The zero-order valence-electron chi connectivity index (χ0n) is 10.3. The Bertz CT molecular complexity index is 596. The van der Waals surface area contributed by atoms with E-state index in [2.05, 4.69) is 6.07 Å². The van der Waals surface area contributed by atoms with E-state index < -0.39 is 0 Å². The second-order valence-electron chi connectivity index (χ2n) is 4.20. The maximum atomic E-state index is 8.87. The number of hydrogen-bond donors (Lipinski definition) is 1. The van der Waals surface area contributed by atoms with E-state index in [4.69, 9.17) is 15.7 Å². The Hall–Kier alpha value is -1.99. The van der Waals surface area contributed by atoms with E-state index in [1.807, 2.05) is 44.2 Å². The van der Waals surface area contributed by atoms with Crippen molar-refractivity contribution in [3.63, 3.8) is 0 Å². The summed E-state index contributed by atoms with van der Waals surface area (Å²) >= 11 is 1.45. The molecule has 4 heteroatoms. The number of anilines is 1. The molecule has 0 aliphatic heterocycles. The Kier molecular flexibility index (Phi) is 3.54. The second-order valence-corrected chi connectivity index (χ2v) is 5.28. The number of hydrogen-bond acceptors (Lipinski definition) is 4. The standard InChI is InChI=1S/C14H14N2OS/c1-9(2)17-13-7-10(16)3-5-12(13)14-6-4-11(8-15)18-14/h3-7,9H,16H2,1-2H3. The summed E-state index contributed by atoms with van der Waals surface area (Å²) in [4.78, 5) is 1.71. The van der Waals surface area contributed by atoms with Crippen molar-refractivity contribution in [3.8, 4) is 22.3 Å². The van der Waals surface area contributed by atoms with Crippen LogP contribution in [-0.4, -0.2) is 6.10 Å². The largest absolute Gasteiger partial charge is 0.490 e. The lowest BCUT2D eigenvalue weighted by atomic mass is 10.1. The van der Waals surface area contributed by atoms with Crippen LogP contribution in [0.25, 0.3) is 10.4 Å². The summed E-state index contributed by atoms with van der Waals surface area (Å²) in [6.45, 7) is 3.95. The SMILES string of the molecule is CC(C)Oc1cc(N)ccc1-c1ccc(C#N)s1. The highest BCUT2D eigenvalue weighted by molar-refractivity contribution is 7.16. The minimum absolute atomic E-state index is 0.0842. The summed E-state index contributed by atoms with van der Waals surface area (Å²) in [5, 5.41) is 8.87. The van der Waals surface area contributed by atoms with Crippen LogP contribution in [0, 0.1) is 11.3 Å². The number of ether oxygens (including phenoxy) is 1. The second kappa shape index (κ2) is 5.11. The third-order valence-corrected chi connectivity index (χ3v) is 3.37. The predicted molar refractivity (Wildman–Crippen MR) is 74.6 cm³/mol. The molecule has 2 aromatic rings. The average molecular weight is 258 g/mol. The summed E-state index contributed by atoms with van der Waals surface area (Å²) in [7, 11) is 0. The molecule has 2 N–H and O–H groups in total. The summed E-state index contributed by atoms with van der Waals surface area (Å²) in [5.74, 6) is 0.760. The van der Waals surface area contributed by atoms with Crippen molar-refractivity contribution in [3.05, 3.63) is 35.2 Å². The normalized spacial score (nSPS) is 10.3. The minimum Gasteiger partial charge on any atom is -0.490 e. The lowest BCUT2D eigenvalue weighted by molar-refractivity contribution is 0.243. The first-order chi connectivity index (χ1) is 8.60. The summed E-state index contributed by atoms with van der Waals surface area (Å²) in [6.07, 6.45) is 0.0842. The van der Waals surface area contributed by atoms with Crippen molar-refractivity contribution < 1.29 is 4.74 Å². The van der Waals surface area contributed by atoms with Gasteiger partial charge in [-0.3, -0.25) is 0 Å². The number of nitrogen functional groups attached to an aromatic ring is 1. The van der Waals surface area contributed by atoms with Gasteiger partial charge in [-0.25, -0.2) is 0 Å². The van der Waals surface area contributed by atoms with Gasteiger partial charge in [0.05, 0.1) is 6.10 Å². The number of benzene rings is 1. The molecule has 0 bridgehead atoms. The number of nitrogens with two attached hydrogens (primary N) is 1. The van der Waals surface area contributed by atoms with E-state index in [9.17, 15) is 0 Å². The number of thiophene rings is 1. The molecule has 0 amide bonds. The van der Waals surface area contributed by atoms with Crippen LogP contribution in [0.15, 0.2) is 30.3 Å². The molecular formula is C14H14N2OS. The van der Waals surface area contributed by atoms with Gasteiger partial charge in [0.2, 0.25) is 0 Å². The highest BCUT2D eigenvalue weighted by Gasteiger charge is 2.11. The van der Waals surface area contributed by atoms with Crippen molar-refractivity contribution in [2.75, 3.05) is 5.73 Å². The molecule has 3 nitrogen and oxygen atoms in total. The van der Waals surface area contributed by atoms with Crippen LogP contribution in [0.3, 0.4) is 0 Å². The molecule has 0 atom stereocenters. The lowest BCUT2D eigenvalue weighted by Crippen LogP contribution is -2.06. The maximum Gasteiger partial charge on any atom is 0.130 e. The Labute approximate surface area is 110 Å². The van der Waals surface area contributed by atoms with Gasteiger partial charge in [0.25, 0.3) is 0 Å². The Balaban J connectivity index is 2.46. The fourth-order valence-electron chi connectivity index (χ4n) is 1.64. The van der Waals surface area contributed by atoms with Crippen molar-refractivity contribution in [1.82, 2.24) is 0 Å². The molecule has 1 heterocycles. The van der Waals surface area contributed by atoms with Gasteiger partial charge >= 0.3 is 0 Å². The number of nitriles is 1. The van der Waals surface area contributed by atoms with Crippen LogP contribution in [0.5, 0.6) is 5.75 Å². The van der Waals surface area contributed by atoms with E-state index in [1.165, 1.54) is 11.3 Å². The van der Waals surface area contributed by atoms with Crippen LogP contribution in [-0.2, 0) is 0 Å². The van der Waals surface area contributed by atoms with Crippen LogP contribution in [0.2, 0.25) is 0 Å². The molecule has 0 unspecified atom stereocenters. The number of rotatable bonds is 3. The van der Waals surface area contributed by atoms with Gasteiger partial charge in [0, 0.05) is 22.2 Å². The van der Waals surface area contributed by atoms with Gasteiger partial charge in [0.15, 0.2) is 0 Å². The Morgan fingerprint density at radius 1 is 1.28 bits per heavy atom. The van der Waals surface area contributed by atoms with Gasteiger partial charge < -0.3 is 10.5 Å². The molecule has 18 heavy (non-hydrogen) atoms. The molecule has 0 radical (unpaired) electrons. The highest BCUT2D eigenvalue weighted by Crippen LogP contribution is 2.36. The summed E-state index contributed by atoms with van der Waals surface area (Å²) in [5.41, 5.74) is 7.43. The van der Waals surface area contributed by atoms with Crippen LogP contribution < -0.4 is 10.5 Å². The summed E-state index contributed by atoms with van der Waals surface area (Å²) < 4.78 is 5.77. The van der Waals surface area contributed by atoms with E-state index >= 15 is 0 Å². The predicted octanol–water partition coefficient (Wildman–Crippen LogP) is 3.66. The molecule has 0 spiro atoms. The quantitative estimate of drug-likeness (QED) is 0.855. The smallest absolute Gasteiger partial charge is 0.130 e. The molecule has 2 rings (SSSR count). The van der Waals surface area contributed by atoms with E-state index in [0.717, 1.165) is 16.2 Å². The van der Waals surface area contributed by atoms with Gasteiger partial charge in [-0.2, -0.15) is 5.26 Å². The van der Waals surface area contributed by atoms with E-state index in [0.29, 0.717) is 10.6 Å². The Morgan fingerprint density at radius 3 is 2.67 bits per heavy atom. The topological polar surface area (TPSA) is 59.0 Å². The van der Waals surface area contributed by atoms with Crippen LogP contribution in [0.1, 0.15) is 18.7 Å². The zero-order chi connectivity index (χ0) is 13.1. The average Bonchev–Trinajstić information content (AvgIpc) is 2.77.